The molecule has 0 saturated heterocycles. The first-order chi connectivity index (χ1) is 14.5. The van der Waals surface area contributed by atoms with Gasteiger partial charge in [-0.05, 0) is 92.5 Å². The van der Waals surface area contributed by atoms with Crippen molar-refractivity contribution in [2.24, 2.45) is 5.92 Å². The van der Waals surface area contributed by atoms with Crippen LogP contribution in [0.1, 0.15) is 50.1 Å². The van der Waals surface area contributed by atoms with Gasteiger partial charge in [-0.3, -0.25) is 14.9 Å². The molecule has 0 amide bonds. The first kappa shape index (κ1) is 19.3. The van der Waals surface area contributed by atoms with E-state index in [1.807, 2.05) is 12.3 Å². The first-order valence-electron chi connectivity index (χ1n) is 10.4. The quantitative estimate of drug-likeness (QED) is 0.426. The number of nitrogens with one attached hydrogen (secondary N) is 1. The predicted molar refractivity (Wildman–Crippen MR) is 119 cm³/mol. The molecule has 1 N–H and O–H groups in total. The number of H-pyrrole nitrogens is 1. The van der Waals surface area contributed by atoms with Gasteiger partial charge in [0.15, 0.2) is 0 Å². The average Bonchev–Trinajstić information content (AvgIpc) is 3.08. The van der Waals surface area contributed by atoms with Gasteiger partial charge < -0.3 is 0 Å². The number of pyridine rings is 1. The normalized spacial score (nSPS) is 20.6. The lowest BCUT2D eigenvalue weighted by Gasteiger charge is -2.33. The average molecular weight is 424 g/mol. The Balaban J connectivity index is 1.37. The van der Waals surface area contributed by atoms with Crippen molar-refractivity contribution in [1.82, 2.24) is 14.8 Å². The van der Waals surface area contributed by atoms with E-state index in [0.29, 0.717) is 22.2 Å². The summed E-state index contributed by atoms with van der Waals surface area (Å²) < 4.78 is 15.6. The predicted octanol–water partition coefficient (Wildman–Crippen LogP) is 6.21. The van der Waals surface area contributed by atoms with Crippen molar-refractivity contribution in [1.29, 1.82) is 0 Å². The molecule has 30 heavy (non-hydrogen) atoms. The van der Waals surface area contributed by atoms with Gasteiger partial charge in [-0.1, -0.05) is 11.6 Å². The largest absolute Gasteiger partial charge is 0.295 e. The van der Waals surface area contributed by atoms with Crippen LogP contribution in [0, 0.1) is 11.7 Å². The number of rotatable bonds is 3. The Morgan fingerprint density at radius 3 is 2.70 bits per heavy atom. The Morgan fingerprint density at radius 1 is 1.10 bits per heavy atom. The molecule has 1 aliphatic carbocycles. The molecule has 4 nitrogen and oxygen atoms in total. The lowest BCUT2D eigenvalue weighted by molar-refractivity contribution is 0.233. The number of benzene rings is 2. The van der Waals surface area contributed by atoms with Crippen molar-refractivity contribution in [3.05, 3.63) is 75.4 Å². The third-order valence-electron chi connectivity index (χ3n) is 6.71. The van der Waals surface area contributed by atoms with Crippen LogP contribution in [0.4, 0.5) is 4.39 Å². The molecule has 1 unspecified atom stereocenters. The second kappa shape index (κ2) is 7.55. The molecule has 2 heterocycles. The molecule has 0 radical (unpaired) electrons. The van der Waals surface area contributed by atoms with E-state index < -0.39 is 0 Å². The molecule has 1 fully saturated rings. The van der Waals surface area contributed by atoms with Crippen LogP contribution in [0.3, 0.4) is 0 Å². The highest BCUT2D eigenvalue weighted by Gasteiger charge is 2.29. The number of fused-ring (bicyclic) bond motifs is 2. The first-order valence-corrected chi connectivity index (χ1v) is 10.8. The molecule has 154 valence electrons. The summed E-state index contributed by atoms with van der Waals surface area (Å²) in [6, 6.07) is 12.2. The summed E-state index contributed by atoms with van der Waals surface area (Å²) in [6.45, 7) is 2.11. The van der Waals surface area contributed by atoms with Crippen LogP contribution >= 0.6 is 11.6 Å². The molecule has 1 saturated carbocycles. The van der Waals surface area contributed by atoms with Gasteiger partial charge in [0.25, 0.3) is 5.56 Å². The molecule has 5 rings (SSSR count). The number of hydrogen-bond acceptors (Lipinski definition) is 2. The zero-order chi connectivity index (χ0) is 20.8. The summed E-state index contributed by atoms with van der Waals surface area (Å²) >= 11 is 6.07. The van der Waals surface area contributed by atoms with Crippen molar-refractivity contribution in [3.63, 3.8) is 0 Å². The standard InChI is InChI=1S/C24H23ClFN3O/c1-14(29-24(30)20-8-6-17(25)12-23(20)28-29)15-2-4-16(5-3-15)19-10-11-27-22-9-7-18(26)13-21(19)22/h6-16,28H,2-5H2,1H3/t14?,15-,16+. The lowest BCUT2D eigenvalue weighted by atomic mass is 9.75. The smallest absolute Gasteiger partial charge is 0.274 e. The van der Waals surface area contributed by atoms with Gasteiger partial charge in [0.2, 0.25) is 0 Å². The van der Waals surface area contributed by atoms with Gasteiger partial charge in [0.1, 0.15) is 5.82 Å². The Bertz CT molecular complexity index is 1290. The van der Waals surface area contributed by atoms with Gasteiger partial charge in [0.05, 0.1) is 22.5 Å². The van der Waals surface area contributed by atoms with E-state index in [1.165, 1.54) is 11.6 Å². The van der Waals surface area contributed by atoms with Gasteiger partial charge in [0, 0.05) is 16.6 Å². The summed E-state index contributed by atoms with van der Waals surface area (Å²) in [6.07, 6.45) is 5.90. The molecular formula is C24H23ClFN3O. The minimum absolute atomic E-state index is 0.00638. The number of halogens is 2. The monoisotopic (exact) mass is 423 g/mol. The Morgan fingerprint density at radius 2 is 1.90 bits per heavy atom. The number of nitrogens with zero attached hydrogens (tertiary/aromatic N) is 2. The fourth-order valence-electron chi connectivity index (χ4n) is 5.01. The second-order valence-electron chi connectivity index (χ2n) is 8.39. The fraction of sp³-hybridized carbons (Fsp3) is 0.333. The summed E-state index contributed by atoms with van der Waals surface area (Å²) in [5.74, 6) is 0.573. The fourth-order valence-corrected chi connectivity index (χ4v) is 5.18. The van der Waals surface area contributed by atoms with Crippen LogP contribution in [0.25, 0.3) is 21.8 Å². The zero-order valence-corrected chi connectivity index (χ0v) is 17.5. The van der Waals surface area contributed by atoms with Crippen molar-refractivity contribution in [2.45, 2.75) is 44.6 Å². The summed E-state index contributed by atoms with van der Waals surface area (Å²) in [4.78, 5) is 17.2. The molecule has 1 atom stereocenters. The van der Waals surface area contributed by atoms with Crippen LogP contribution in [-0.2, 0) is 0 Å². The highest BCUT2D eigenvalue weighted by Crippen LogP contribution is 2.41. The maximum Gasteiger partial charge on any atom is 0.274 e. The summed E-state index contributed by atoms with van der Waals surface area (Å²) in [5, 5.41) is 5.45. The minimum Gasteiger partial charge on any atom is -0.295 e. The highest BCUT2D eigenvalue weighted by molar-refractivity contribution is 6.31. The molecule has 0 aliphatic heterocycles. The highest BCUT2D eigenvalue weighted by atomic mass is 35.5. The Hall–Kier alpha value is -2.66. The van der Waals surface area contributed by atoms with Crippen LogP contribution in [0.2, 0.25) is 5.02 Å². The molecule has 2 aromatic carbocycles. The molecule has 4 aromatic rings. The maximum atomic E-state index is 13.8. The van der Waals surface area contributed by atoms with Crippen LogP contribution in [0.5, 0.6) is 0 Å². The summed E-state index contributed by atoms with van der Waals surface area (Å²) in [7, 11) is 0. The number of aromatic amines is 1. The van der Waals surface area contributed by atoms with E-state index in [1.54, 1.807) is 35.0 Å². The van der Waals surface area contributed by atoms with Crippen molar-refractivity contribution >= 4 is 33.4 Å². The van der Waals surface area contributed by atoms with Gasteiger partial charge >= 0.3 is 0 Å². The van der Waals surface area contributed by atoms with E-state index in [9.17, 15) is 9.18 Å². The lowest BCUT2D eigenvalue weighted by Crippen LogP contribution is -2.28. The molecule has 0 spiro atoms. The topological polar surface area (TPSA) is 50.7 Å². The van der Waals surface area contributed by atoms with E-state index in [4.69, 9.17) is 11.6 Å². The molecule has 1 aliphatic rings. The zero-order valence-electron chi connectivity index (χ0n) is 16.7. The van der Waals surface area contributed by atoms with Crippen molar-refractivity contribution < 1.29 is 4.39 Å². The van der Waals surface area contributed by atoms with Gasteiger partial charge in [-0.2, -0.15) is 0 Å². The van der Waals surface area contributed by atoms with E-state index in [2.05, 4.69) is 17.0 Å². The Labute approximate surface area is 178 Å². The second-order valence-corrected chi connectivity index (χ2v) is 8.83. The Kier molecular flexibility index (Phi) is 4.86. The van der Waals surface area contributed by atoms with E-state index in [0.717, 1.165) is 42.1 Å². The SMILES string of the molecule is CC([C@H]1CC[C@@H](c2ccnc3ccc(F)cc32)CC1)n1[nH]c2cc(Cl)ccc2c1=O. The van der Waals surface area contributed by atoms with Crippen LogP contribution < -0.4 is 5.56 Å². The number of aromatic nitrogens is 3. The third kappa shape index (κ3) is 3.31. The van der Waals surface area contributed by atoms with Crippen molar-refractivity contribution in [2.75, 3.05) is 0 Å². The molecular weight excluding hydrogens is 401 g/mol. The van der Waals surface area contributed by atoms with Crippen LogP contribution in [0.15, 0.2) is 53.5 Å². The van der Waals surface area contributed by atoms with E-state index in [-0.39, 0.29) is 17.4 Å². The minimum atomic E-state index is -0.225. The maximum absolute atomic E-state index is 13.8. The molecule has 6 heteroatoms. The van der Waals surface area contributed by atoms with Gasteiger partial charge in [-0.25, -0.2) is 9.07 Å². The van der Waals surface area contributed by atoms with Gasteiger partial charge in [-0.15, -0.1) is 0 Å². The number of hydrogen-bond donors (Lipinski definition) is 1. The van der Waals surface area contributed by atoms with Crippen molar-refractivity contribution in [3.8, 4) is 0 Å². The third-order valence-corrected chi connectivity index (χ3v) is 6.95. The van der Waals surface area contributed by atoms with E-state index >= 15 is 0 Å². The summed E-state index contributed by atoms with van der Waals surface area (Å²) in [5.41, 5.74) is 2.81. The molecule has 0 bridgehead atoms. The molecule has 2 aromatic heterocycles. The van der Waals surface area contributed by atoms with Crippen LogP contribution in [-0.4, -0.2) is 14.8 Å².